The van der Waals surface area contributed by atoms with E-state index in [4.69, 9.17) is 16.3 Å². The molecule has 2 rings (SSSR count). The third-order valence-corrected chi connectivity index (χ3v) is 5.11. The van der Waals surface area contributed by atoms with Gasteiger partial charge in [-0.1, -0.05) is 11.6 Å². The number of aryl methyl sites for hydroxylation is 1. The lowest BCUT2D eigenvalue weighted by Gasteiger charge is -2.34. The van der Waals surface area contributed by atoms with Crippen molar-refractivity contribution in [3.05, 3.63) is 28.8 Å². The average molecular weight is 523 g/mol. The lowest BCUT2D eigenvalue weighted by molar-refractivity contribution is -0.121. The molecule has 1 saturated heterocycles. The number of rotatable bonds is 7. The number of ether oxygens (including phenoxy) is 1. The second-order valence-electron chi connectivity index (χ2n) is 6.89. The predicted octanol–water partition coefficient (Wildman–Crippen LogP) is 3.46. The summed E-state index contributed by atoms with van der Waals surface area (Å²) in [5, 5.41) is 6.85. The van der Waals surface area contributed by atoms with E-state index in [9.17, 15) is 4.79 Å². The van der Waals surface area contributed by atoms with Crippen LogP contribution in [0.4, 0.5) is 0 Å². The summed E-state index contributed by atoms with van der Waals surface area (Å²) >= 11 is 5.96. The molecule has 1 fully saturated rings. The first-order chi connectivity index (χ1) is 13.0. The summed E-state index contributed by atoms with van der Waals surface area (Å²) in [6.45, 7) is 5.30. The molecule has 1 aliphatic heterocycles. The molecule has 0 radical (unpaired) electrons. The Morgan fingerprint density at radius 2 is 2.07 bits per heavy atom. The Balaban J connectivity index is 0.00000392. The zero-order valence-electron chi connectivity index (χ0n) is 17.0. The Kier molecular flexibility index (Phi) is 11.6. The summed E-state index contributed by atoms with van der Waals surface area (Å²) in [4.78, 5) is 18.2. The van der Waals surface area contributed by atoms with Gasteiger partial charge in [0, 0.05) is 45.2 Å². The minimum absolute atomic E-state index is 0. The second kappa shape index (κ2) is 13.1. The maximum Gasteiger partial charge on any atom is 0.220 e. The number of guanidine groups is 1. The molecular weight excluding hydrogens is 491 g/mol. The van der Waals surface area contributed by atoms with Gasteiger partial charge in [0.05, 0.1) is 6.61 Å². The highest BCUT2D eigenvalue weighted by atomic mass is 127. The number of aliphatic imine (C=N–C) groups is 1. The second-order valence-corrected chi connectivity index (χ2v) is 7.33. The number of hydrogen-bond acceptors (Lipinski definition) is 3. The SMILES string of the molecule is CN=C(NCCCOc1ccc(Cl)cc1C)N1CCC(CC(=O)NC)CC1.I. The van der Waals surface area contributed by atoms with Crippen LogP contribution in [-0.2, 0) is 4.79 Å². The third kappa shape index (κ3) is 8.03. The minimum Gasteiger partial charge on any atom is -0.493 e. The molecule has 0 atom stereocenters. The van der Waals surface area contributed by atoms with Gasteiger partial charge in [0.2, 0.25) is 5.91 Å². The number of amides is 1. The average Bonchev–Trinajstić information content (AvgIpc) is 2.67. The third-order valence-electron chi connectivity index (χ3n) is 4.88. The standard InChI is InChI=1S/C20H31ClN4O2.HI/c1-15-13-17(21)5-6-18(15)27-12-4-9-24-20(23-3)25-10-7-16(8-11-25)14-19(26)22-2;/h5-6,13,16H,4,7-12,14H2,1-3H3,(H,22,26)(H,23,24);1H. The molecular formula is C20H32ClIN4O2. The van der Waals surface area contributed by atoms with Crippen molar-refractivity contribution < 1.29 is 9.53 Å². The molecule has 28 heavy (non-hydrogen) atoms. The zero-order chi connectivity index (χ0) is 19.6. The van der Waals surface area contributed by atoms with E-state index in [0.29, 0.717) is 18.9 Å². The van der Waals surface area contributed by atoms with Crippen molar-refractivity contribution in [2.24, 2.45) is 10.9 Å². The number of carbonyl (C=O) groups excluding carboxylic acids is 1. The molecule has 1 aliphatic rings. The molecule has 1 aromatic carbocycles. The van der Waals surface area contributed by atoms with E-state index in [2.05, 4.69) is 20.5 Å². The van der Waals surface area contributed by atoms with E-state index >= 15 is 0 Å². The van der Waals surface area contributed by atoms with Gasteiger partial charge in [0.25, 0.3) is 0 Å². The van der Waals surface area contributed by atoms with Gasteiger partial charge in [0.15, 0.2) is 5.96 Å². The van der Waals surface area contributed by atoms with Crippen LogP contribution < -0.4 is 15.4 Å². The Bertz CT molecular complexity index is 649. The predicted molar refractivity (Wildman–Crippen MR) is 126 cm³/mol. The summed E-state index contributed by atoms with van der Waals surface area (Å²) in [6.07, 6.45) is 3.55. The summed E-state index contributed by atoms with van der Waals surface area (Å²) in [5.74, 6) is 2.40. The van der Waals surface area contributed by atoms with E-state index in [1.54, 1.807) is 7.05 Å². The fraction of sp³-hybridized carbons (Fsp3) is 0.600. The molecule has 0 aromatic heterocycles. The largest absolute Gasteiger partial charge is 0.493 e. The Hall–Kier alpha value is -1.22. The summed E-state index contributed by atoms with van der Waals surface area (Å²) in [6, 6.07) is 5.66. The maximum absolute atomic E-state index is 11.5. The number of likely N-dealkylation sites (tertiary alicyclic amines) is 1. The molecule has 1 amide bonds. The van der Waals surface area contributed by atoms with Crippen LogP contribution in [0.5, 0.6) is 5.75 Å². The first-order valence-corrected chi connectivity index (χ1v) is 9.96. The number of carbonyl (C=O) groups is 1. The fourth-order valence-corrected chi connectivity index (χ4v) is 3.50. The Morgan fingerprint density at radius 1 is 1.36 bits per heavy atom. The summed E-state index contributed by atoms with van der Waals surface area (Å²) < 4.78 is 5.82. The van der Waals surface area contributed by atoms with Gasteiger partial charge in [0.1, 0.15) is 5.75 Å². The van der Waals surface area contributed by atoms with Crippen molar-refractivity contribution in [3.63, 3.8) is 0 Å². The summed E-state index contributed by atoms with van der Waals surface area (Å²) in [7, 11) is 3.51. The molecule has 0 saturated carbocycles. The number of piperidine rings is 1. The van der Waals surface area contributed by atoms with Gasteiger partial charge in [-0.2, -0.15) is 0 Å². The van der Waals surface area contributed by atoms with E-state index in [0.717, 1.165) is 61.2 Å². The number of nitrogens with zero attached hydrogens (tertiary/aromatic N) is 2. The van der Waals surface area contributed by atoms with Crippen molar-refractivity contribution in [1.82, 2.24) is 15.5 Å². The monoisotopic (exact) mass is 522 g/mol. The lowest BCUT2D eigenvalue weighted by Crippen LogP contribution is -2.46. The van der Waals surface area contributed by atoms with Crippen LogP contribution in [0.1, 0.15) is 31.2 Å². The molecule has 0 unspecified atom stereocenters. The van der Waals surface area contributed by atoms with Crippen LogP contribution >= 0.6 is 35.6 Å². The van der Waals surface area contributed by atoms with Crippen molar-refractivity contribution >= 4 is 47.4 Å². The van der Waals surface area contributed by atoms with Gasteiger partial charge in [-0.05, 0) is 55.9 Å². The zero-order valence-corrected chi connectivity index (χ0v) is 20.0. The van der Waals surface area contributed by atoms with Gasteiger partial charge in [-0.25, -0.2) is 0 Å². The molecule has 2 N–H and O–H groups in total. The van der Waals surface area contributed by atoms with Crippen LogP contribution in [0.15, 0.2) is 23.2 Å². The molecule has 0 aliphatic carbocycles. The van der Waals surface area contributed by atoms with E-state index in [1.165, 1.54) is 0 Å². The Morgan fingerprint density at radius 3 is 2.68 bits per heavy atom. The molecule has 0 spiro atoms. The quantitative estimate of drug-likeness (QED) is 0.249. The van der Waals surface area contributed by atoms with E-state index in [-0.39, 0.29) is 29.9 Å². The lowest BCUT2D eigenvalue weighted by atomic mass is 9.93. The van der Waals surface area contributed by atoms with Crippen molar-refractivity contribution in [3.8, 4) is 5.75 Å². The van der Waals surface area contributed by atoms with Crippen molar-refractivity contribution in [1.29, 1.82) is 0 Å². The first kappa shape index (κ1) is 24.8. The number of halogens is 2. The normalized spacial score (nSPS) is 15.0. The smallest absolute Gasteiger partial charge is 0.220 e. The van der Waals surface area contributed by atoms with Crippen LogP contribution in [0.2, 0.25) is 5.02 Å². The van der Waals surface area contributed by atoms with E-state index < -0.39 is 0 Å². The minimum atomic E-state index is 0. The molecule has 6 nitrogen and oxygen atoms in total. The number of hydrogen-bond donors (Lipinski definition) is 2. The highest BCUT2D eigenvalue weighted by Crippen LogP contribution is 2.22. The van der Waals surface area contributed by atoms with Gasteiger partial charge in [-0.15, -0.1) is 24.0 Å². The molecule has 1 aromatic rings. The number of benzene rings is 1. The van der Waals surface area contributed by atoms with Gasteiger partial charge in [-0.3, -0.25) is 9.79 Å². The molecule has 1 heterocycles. The van der Waals surface area contributed by atoms with Crippen LogP contribution in [0.25, 0.3) is 0 Å². The Labute approximate surface area is 190 Å². The van der Waals surface area contributed by atoms with Crippen molar-refractivity contribution in [2.75, 3.05) is 40.3 Å². The van der Waals surface area contributed by atoms with Crippen LogP contribution in [0, 0.1) is 12.8 Å². The van der Waals surface area contributed by atoms with Crippen LogP contribution in [0.3, 0.4) is 0 Å². The molecule has 158 valence electrons. The topological polar surface area (TPSA) is 66.0 Å². The fourth-order valence-electron chi connectivity index (χ4n) is 3.27. The number of nitrogens with one attached hydrogen (secondary N) is 2. The molecule has 0 bridgehead atoms. The van der Waals surface area contributed by atoms with Crippen molar-refractivity contribution in [2.45, 2.75) is 32.6 Å². The highest BCUT2D eigenvalue weighted by molar-refractivity contribution is 14.0. The first-order valence-electron chi connectivity index (χ1n) is 9.58. The summed E-state index contributed by atoms with van der Waals surface area (Å²) in [5.41, 5.74) is 1.05. The van der Waals surface area contributed by atoms with Crippen LogP contribution in [-0.4, -0.2) is 57.1 Å². The highest BCUT2D eigenvalue weighted by Gasteiger charge is 2.22. The van der Waals surface area contributed by atoms with E-state index in [1.807, 2.05) is 32.2 Å². The van der Waals surface area contributed by atoms with Gasteiger partial charge >= 0.3 is 0 Å². The van der Waals surface area contributed by atoms with Gasteiger partial charge < -0.3 is 20.3 Å². The molecule has 8 heteroatoms. The maximum atomic E-state index is 11.5.